The van der Waals surface area contributed by atoms with Crippen molar-refractivity contribution in [1.29, 1.82) is 0 Å². The molecule has 0 aromatic heterocycles. The van der Waals surface area contributed by atoms with E-state index >= 15 is 0 Å². The molecule has 2 amide bonds. The van der Waals surface area contributed by atoms with Crippen molar-refractivity contribution < 1.29 is 9.59 Å². The van der Waals surface area contributed by atoms with Gasteiger partial charge >= 0.3 is 0 Å². The van der Waals surface area contributed by atoms with Crippen LogP contribution >= 0.6 is 15.9 Å². The van der Waals surface area contributed by atoms with Crippen LogP contribution in [0.25, 0.3) is 0 Å². The van der Waals surface area contributed by atoms with Gasteiger partial charge in [0.15, 0.2) is 0 Å². The molecular weight excluding hydrogens is 432 g/mol. The highest BCUT2D eigenvalue weighted by atomic mass is 79.9. The van der Waals surface area contributed by atoms with E-state index in [0.717, 1.165) is 38.1 Å². The molecule has 1 unspecified atom stereocenters. The number of alkyl halides is 1. The first kappa shape index (κ1) is 27.5. The second-order valence-electron chi connectivity index (χ2n) is 7.86. The van der Waals surface area contributed by atoms with Crippen molar-refractivity contribution in [3.05, 3.63) is 24.6 Å². The third-order valence-corrected chi connectivity index (χ3v) is 5.59. The minimum absolute atomic E-state index is 0. The molecule has 0 spiro atoms. The quantitative estimate of drug-likeness (QED) is 0.453. The van der Waals surface area contributed by atoms with Crippen molar-refractivity contribution in [3.63, 3.8) is 0 Å². The predicted molar refractivity (Wildman–Crippen MR) is 126 cm³/mol. The summed E-state index contributed by atoms with van der Waals surface area (Å²) in [6.07, 6.45) is 0. The molecule has 1 atom stereocenters. The molecule has 2 aliphatic heterocycles. The minimum Gasteiger partial charge on any atom is -0.366 e. The zero-order chi connectivity index (χ0) is 21.6. The second kappa shape index (κ2) is 12.3. The van der Waals surface area contributed by atoms with E-state index in [1.165, 1.54) is 0 Å². The first-order valence-electron chi connectivity index (χ1n) is 10.1. The molecule has 0 saturated carbocycles. The molecule has 7 heteroatoms. The molecule has 2 fully saturated rings. The first-order valence-corrected chi connectivity index (χ1v) is 11.3. The topological polar surface area (TPSA) is 47.1 Å². The van der Waals surface area contributed by atoms with Crippen LogP contribution in [0.3, 0.4) is 0 Å². The number of piperazine rings is 2. The highest BCUT2D eigenvalue weighted by Gasteiger charge is 2.33. The lowest BCUT2D eigenvalue weighted by atomic mass is 10.1. The maximum absolute atomic E-state index is 11.9. The summed E-state index contributed by atoms with van der Waals surface area (Å²) in [6.45, 7) is 24.3. The Bertz CT molecular complexity index is 585. The zero-order valence-corrected chi connectivity index (χ0v) is 20.0. The molecular formula is C22H41BrN4O2. The summed E-state index contributed by atoms with van der Waals surface area (Å²) in [5.74, 6) is 0.160. The fourth-order valence-corrected chi connectivity index (χ4v) is 4.10. The van der Waals surface area contributed by atoms with Crippen molar-refractivity contribution in [2.75, 3.05) is 38.1 Å². The van der Waals surface area contributed by atoms with E-state index in [1.54, 1.807) is 0 Å². The van der Waals surface area contributed by atoms with Crippen LogP contribution < -0.4 is 0 Å². The van der Waals surface area contributed by atoms with Crippen LogP contribution in [0.2, 0.25) is 0 Å². The molecule has 2 aliphatic rings. The van der Waals surface area contributed by atoms with Gasteiger partial charge in [0.1, 0.15) is 0 Å². The molecule has 0 aromatic carbocycles. The van der Waals surface area contributed by atoms with Gasteiger partial charge in [0.05, 0.1) is 11.4 Å². The third kappa shape index (κ3) is 6.76. The molecule has 29 heavy (non-hydrogen) atoms. The van der Waals surface area contributed by atoms with Crippen molar-refractivity contribution in [2.45, 2.75) is 67.1 Å². The lowest BCUT2D eigenvalue weighted by Gasteiger charge is -2.43. The minimum atomic E-state index is 0. The number of carbonyl (C=O) groups excluding carboxylic acids is 2. The van der Waals surface area contributed by atoms with E-state index in [4.69, 9.17) is 0 Å². The third-order valence-electron chi connectivity index (χ3n) is 5.24. The van der Waals surface area contributed by atoms with E-state index in [1.807, 2.05) is 47.3 Å². The Hall–Kier alpha value is -1.50. The Morgan fingerprint density at radius 3 is 2.00 bits per heavy atom. The summed E-state index contributed by atoms with van der Waals surface area (Å²) >= 11 is 3.37. The van der Waals surface area contributed by atoms with Crippen molar-refractivity contribution in [1.82, 2.24) is 19.6 Å². The summed E-state index contributed by atoms with van der Waals surface area (Å²) < 4.78 is 0. The van der Waals surface area contributed by atoms with Gasteiger partial charge in [-0.25, -0.2) is 0 Å². The molecule has 6 nitrogen and oxygen atoms in total. The maximum atomic E-state index is 11.9. The predicted octanol–water partition coefficient (Wildman–Crippen LogP) is 3.54. The van der Waals surface area contributed by atoms with Gasteiger partial charge < -0.3 is 19.6 Å². The van der Waals surface area contributed by atoms with E-state index < -0.39 is 0 Å². The Labute approximate surface area is 186 Å². The van der Waals surface area contributed by atoms with Gasteiger partial charge in [0.25, 0.3) is 11.8 Å². The molecule has 2 heterocycles. The van der Waals surface area contributed by atoms with E-state index in [2.05, 4.69) is 42.9 Å². The summed E-state index contributed by atoms with van der Waals surface area (Å²) in [7, 11) is 0. The SMILES string of the molecule is C.C=C1C(=O)N(C(C)C)C(C)CN1CC.C=C1C(=O)N(C(C)C)CCN1CCBr. The van der Waals surface area contributed by atoms with Crippen LogP contribution in [0.4, 0.5) is 0 Å². The van der Waals surface area contributed by atoms with Crippen LogP contribution in [0.1, 0.15) is 49.0 Å². The molecule has 0 N–H and O–H groups in total. The number of carbonyl (C=O) groups is 2. The molecule has 2 rings (SSSR count). The number of hydrogen-bond acceptors (Lipinski definition) is 4. The Morgan fingerprint density at radius 1 is 1.00 bits per heavy atom. The summed E-state index contributed by atoms with van der Waals surface area (Å²) in [5.41, 5.74) is 1.27. The number of halogens is 1. The van der Waals surface area contributed by atoms with Crippen molar-refractivity contribution >= 4 is 27.7 Å². The average Bonchev–Trinajstić information content (AvgIpc) is 2.62. The maximum Gasteiger partial charge on any atom is 0.270 e. The van der Waals surface area contributed by atoms with Gasteiger partial charge in [0.2, 0.25) is 0 Å². The van der Waals surface area contributed by atoms with E-state index in [-0.39, 0.29) is 37.4 Å². The molecule has 0 radical (unpaired) electrons. The van der Waals surface area contributed by atoms with E-state index in [9.17, 15) is 9.59 Å². The lowest BCUT2D eigenvalue weighted by Crippen LogP contribution is -2.55. The Kier molecular flexibility index (Phi) is 11.6. The smallest absolute Gasteiger partial charge is 0.270 e. The van der Waals surface area contributed by atoms with Crippen LogP contribution in [0.5, 0.6) is 0 Å². The number of nitrogens with zero attached hydrogens (tertiary/aromatic N) is 4. The lowest BCUT2D eigenvalue weighted by molar-refractivity contribution is -0.136. The van der Waals surface area contributed by atoms with Gasteiger partial charge in [-0.15, -0.1) is 0 Å². The van der Waals surface area contributed by atoms with Crippen molar-refractivity contribution in [2.24, 2.45) is 0 Å². The fraction of sp³-hybridized carbons (Fsp3) is 0.727. The second-order valence-corrected chi connectivity index (χ2v) is 8.65. The first-order chi connectivity index (χ1) is 13.1. The number of rotatable bonds is 5. The number of amides is 2. The van der Waals surface area contributed by atoms with Crippen LogP contribution in [0, 0.1) is 0 Å². The van der Waals surface area contributed by atoms with Gasteiger partial charge in [-0.3, -0.25) is 9.59 Å². The standard InChI is InChI=1S/C11H20N2O.C10H17BrN2O.CH4/c1-6-12-7-9(4)13(8(2)3)11(14)10(12)5;1-8(2)13-7-6-12(5-4-11)9(3)10(13)14;/h8-9H,5-7H2,1-4H3;8H,3-7H2,1-2H3;1H4. The largest absolute Gasteiger partial charge is 0.366 e. The van der Waals surface area contributed by atoms with Gasteiger partial charge in [-0.2, -0.15) is 0 Å². The highest BCUT2D eigenvalue weighted by Crippen LogP contribution is 2.20. The Morgan fingerprint density at radius 2 is 1.55 bits per heavy atom. The van der Waals surface area contributed by atoms with Crippen LogP contribution in [-0.4, -0.2) is 87.6 Å². The molecule has 0 bridgehead atoms. The van der Waals surface area contributed by atoms with Crippen LogP contribution in [-0.2, 0) is 9.59 Å². The molecule has 0 aliphatic carbocycles. The zero-order valence-electron chi connectivity index (χ0n) is 18.4. The monoisotopic (exact) mass is 472 g/mol. The van der Waals surface area contributed by atoms with Gasteiger partial charge in [-0.1, -0.05) is 36.5 Å². The Balaban J connectivity index is 0.000000523. The number of likely N-dealkylation sites (N-methyl/N-ethyl adjacent to an activating group) is 1. The molecule has 0 aromatic rings. The van der Waals surface area contributed by atoms with Gasteiger partial charge in [-0.05, 0) is 41.5 Å². The van der Waals surface area contributed by atoms with E-state index in [0.29, 0.717) is 11.4 Å². The average molecular weight is 474 g/mol. The summed E-state index contributed by atoms with van der Waals surface area (Å²) in [4.78, 5) is 31.6. The summed E-state index contributed by atoms with van der Waals surface area (Å²) in [6, 6.07) is 0.812. The summed E-state index contributed by atoms with van der Waals surface area (Å²) in [5, 5.41) is 0.876. The normalized spacial score (nSPS) is 20.2. The number of hydrogen-bond donors (Lipinski definition) is 0. The van der Waals surface area contributed by atoms with Gasteiger partial charge in [0, 0.05) is 56.2 Å². The van der Waals surface area contributed by atoms with Crippen LogP contribution in [0.15, 0.2) is 24.6 Å². The molecule has 168 valence electrons. The molecule has 2 saturated heterocycles. The fourth-order valence-electron chi connectivity index (χ4n) is 3.67. The van der Waals surface area contributed by atoms with Crippen molar-refractivity contribution in [3.8, 4) is 0 Å². The highest BCUT2D eigenvalue weighted by molar-refractivity contribution is 9.09.